The monoisotopic (exact) mass is 420 g/mol. The standard InChI is InChI=1S/C22H28N8O/c1-4-5-11-22(3,14-25-15(2)31)28-20-19-18(26-21(23)27-20)12-17(13-24-19)30-29-16-9-7-6-8-10-16/h6-10,12-13H,4-5,11,14H2,1-3H3,(H,25,31)(H3,23,26,27,28)/t22-/m1/s1. The summed E-state index contributed by atoms with van der Waals surface area (Å²) >= 11 is 0. The Kier molecular flexibility index (Phi) is 7.07. The molecule has 1 amide bonds. The minimum atomic E-state index is -0.414. The molecule has 3 rings (SSSR count). The number of nitrogens with zero attached hydrogens (tertiary/aromatic N) is 5. The molecule has 0 saturated carbocycles. The van der Waals surface area contributed by atoms with Crippen LogP contribution in [0.25, 0.3) is 11.0 Å². The van der Waals surface area contributed by atoms with Gasteiger partial charge in [0.25, 0.3) is 0 Å². The van der Waals surface area contributed by atoms with Crippen LogP contribution in [-0.2, 0) is 4.79 Å². The first-order valence-electron chi connectivity index (χ1n) is 10.3. The fourth-order valence-corrected chi connectivity index (χ4v) is 3.15. The minimum absolute atomic E-state index is 0.0804. The number of amides is 1. The van der Waals surface area contributed by atoms with Gasteiger partial charge in [-0.05, 0) is 31.5 Å². The average molecular weight is 421 g/mol. The number of azo groups is 1. The molecule has 9 heteroatoms. The SMILES string of the molecule is CCCC[C@](C)(CNC(C)=O)Nc1nc(N)nc2cc(N=Nc3ccccc3)cnc12. The number of rotatable bonds is 9. The lowest BCUT2D eigenvalue weighted by molar-refractivity contribution is -0.119. The van der Waals surface area contributed by atoms with Gasteiger partial charge in [-0.2, -0.15) is 10.1 Å². The molecule has 0 radical (unpaired) electrons. The second-order valence-electron chi connectivity index (χ2n) is 7.73. The summed E-state index contributed by atoms with van der Waals surface area (Å²) in [6.07, 6.45) is 4.51. The van der Waals surface area contributed by atoms with Crippen molar-refractivity contribution in [2.24, 2.45) is 10.2 Å². The molecule has 0 saturated heterocycles. The fourth-order valence-electron chi connectivity index (χ4n) is 3.15. The van der Waals surface area contributed by atoms with Crippen LogP contribution in [0.1, 0.15) is 40.0 Å². The fraction of sp³-hybridized carbons (Fsp3) is 0.364. The Morgan fingerprint density at radius 2 is 1.90 bits per heavy atom. The molecule has 0 fully saturated rings. The lowest BCUT2D eigenvalue weighted by Crippen LogP contribution is -2.46. The van der Waals surface area contributed by atoms with Crippen LogP contribution in [-0.4, -0.2) is 32.9 Å². The number of unbranched alkanes of at least 4 members (excludes halogenated alkanes) is 1. The first kappa shape index (κ1) is 22.1. The molecule has 162 valence electrons. The number of carbonyl (C=O) groups excluding carboxylic acids is 1. The molecule has 4 N–H and O–H groups in total. The number of nitrogens with two attached hydrogens (primary N) is 1. The van der Waals surface area contributed by atoms with Crippen molar-refractivity contribution in [2.45, 2.75) is 45.6 Å². The summed E-state index contributed by atoms with van der Waals surface area (Å²) in [5.41, 5.74) is 8.01. The van der Waals surface area contributed by atoms with Gasteiger partial charge < -0.3 is 16.4 Å². The molecule has 3 aromatic rings. The molecule has 0 aliphatic rings. The number of hydrogen-bond acceptors (Lipinski definition) is 8. The molecule has 2 heterocycles. The van der Waals surface area contributed by atoms with Crippen LogP contribution in [0.5, 0.6) is 0 Å². The van der Waals surface area contributed by atoms with E-state index in [1.807, 2.05) is 37.3 Å². The average Bonchev–Trinajstić information content (AvgIpc) is 2.75. The highest BCUT2D eigenvalue weighted by Gasteiger charge is 2.26. The van der Waals surface area contributed by atoms with Crippen LogP contribution in [0.2, 0.25) is 0 Å². The van der Waals surface area contributed by atoms with Crippen molar-refractivity contribution in [3.05, 3.63) is 42.6 Å². The van der Waals surface area contributed by atoms with Crippen molar-refractivity contribution in [3.8, 4) is 0 Å². The van der Waals surface area contributed by atoms with Gasteiger partial charge in [-0.15, -0.1) is 5.11 Å². The first-order valence-corrected chi connectivity index (χ1v) is 10.3. The molecular weight excluding hydrogens is 392 g/mol. The van der Waals surface area contributed by atoms with Crippen LogP contribution in [0.3, 0.4) is 0 Å². The van der Waals surface area contributed by atoms with Crippen LogP contribution >= 0.6 is 0 Å². The van der Waals surface area contributed by atoms with Gasteiger partial charge in [0.05, 0.1) is 22.9 Å². The van der Waals surface area contributed by atoms with E-state index >= 15 is 0 Å². The number of nitrogen functional groups attached to an aromatic ring is 1. The second kappa shape index (κ2) is 9.92. The third-order valence-corrected chi connectivity index (χ3v) is 4.81. The maximum Gasteiger partial charge on any atom is 0.222 e. The van der Waals surface area contributed by atoms with Crippen molar-refractivity contribution in [3.63, 3.8) is 0 Å². The number of nitrogens with one attached hydrogen (secondary N) is 2. The smallest absolute Gasteiger partial charge is 0.222 e. The summed E-state index contributed by atoms with van der Waals surface area (Å²) in [5, 5.41) is 14.8. The van der Waals surface area contributed by atoms with Crippen LogP contribution in [0, 0.1) is 0 Å². The number of anilines is 2. The predicted octanol–water partition coefficient (Wildman–Crippen LogP) is 4.52. The second-order valence-corrected chi connectivity index (χ2v) is 7.73. The van der Waals surface area contributed by atoms with Gasteiger partial charge in [-0.1, -0.05) is 38.0 Å². The van der Waals surface area contributed by atoms with Crippen molar-refractivity contribution in [2.75, 3.05) is 17.6 Å². The molecule has 0 bridgehead atoms. The molecule has 1 atom stereocenters. The van der Waals surface area contributed by atoms with Crippen LogP contribution in [0.15, 0.2) is 52.8 Å². The van der Waals surface area contributed by atoms with E-state index in [0.29, 0.717) is 29.1 Å². The van der Waals surface area contributed by atoms with E-state index in [1.165, 1.54) is 6.92 Å². The summed E-state index contributed by atoms with van der Waals surface area (Å²) in [5.74, 6) is 0.576. The number of hydrogen-bond donors (Lipinski definition) is 3. The highest BCUT2D eigenvalue weighted by Crippen LogP contribution is 2.28. The molecule has 31 heavy (non-hydrogen) atoms. The van der Waals surface area contributed by atoms with Gasteiger partial charge in [-0.3, -0.25) is 4.79 Å². The Balaban J connectivity index is 1.91. The molecule has 0 aliphatic heterocycles. The van der Waals surface area contributed by atoms with Crippen molar-refractivity contribution in [1.82, 2.24) is 20.3 Å². The summed E-state index contributed by atoms with van der Waals surface area (Å²) in [6.45, 7) is 6.14. The van der Waals surface area contributed by atoms with Crippen LogP contribution in [0.4, 0.5) is 23.1 Å². The Labute approximate surface area is 181 Å². The number of carbonyl (C=O) groups is 1. The van der Waals surface area contributed by atoms with Gasteiger partial charge in [0, 0.05) is 13.5 Å². The number of aromatic nitrogens is 3. The van der Waals surface area contributed by atoms with Gasteiger partial charge >= 0.3 is 0 Å². The van der Waals surface area contributed by atoms with E-state index in [-0.39, 0.29) is 11.9 Å². The molecule has 1 aromatic carbocycles. The summed E-state index contributed by atoms with van der Waals surface area (Å²) in [4.78, 5) is 24.7. The molecule has 0 spiro atoms. The number of pyridine rings is 1. The van der Waals surface area contributed by atoms with E-state index in [1.54, 1.807) is 12.3 Å². The first-order chi connectivity index (χ1) is 14.9. The normalized spacial score (nSPS) is 13.3. The Morgan fingerprint density at radius 1 is 1.16 bits per heavy atom. The number of fused-ring (bicyclic) bond motifs is 1. The third-order valence-electron chi connectivity index (χ3n) is 4.81. The Morgan fingerprint density at radius 3 is 2.61 bits per heavy atom. The highest BCUT2D eigenvalue weighted by molar-refractivity contribution is 5.88. The summed E-state index contributed by atoms with van der Waals surface area (Å²) in [6, 6.07) is 11.2. The largest absolute Gasteiger partial charge is 0.368 e. The van der Waals surface area contributed by atoms with E-state index in [2.05, 4.69) is 42.7 Å². The highest BCUT2D eigenvalue weighted by atomic mass is 16.1. The third kappa shape index (κ3) is 6.18. The topological polar surface area (TPSA) is 131 Å². The summed E-state index contributed by atoms with van der Waals surface area (Å²) in [7, 11) is 0. The van der Waals surface area contributed by atoms with E-state index < -0.39 is 5.54 Å². The van der Waals surface area contributed by atoms with E-state index in [4.69, 9.17) is 5.73 Å². The molecule has 9 nitrogen and oxygen atoms in total. The molecular formula is C22H28N8O. The van der Waals surface area contributed by atoms with E-state index in [9.17, 15) is 4.79 Å². The quantitative estimate of drug-likeness (QED) is 0.436. The molecule has 2 aromatic heterocycles. The maximum atomic E-state index is 11.5. The molecule has 0 unspecified atom stereocenters. The van der Waals surface area contributed by atoms with Crippen LogP contribution < -0.4 is 16.4 Å². The zero-order valence-electron chi connectivity index (χ0n) is 18.1. The predicted molar refractivity (Wildman–Crippen MR) is 123 cm³/mol. The summed E-state index contributed by atoms with van der Waals surface area (Å²) < 4.78 is 0. The zero-order valence-corrected chi connectivity index (χ0v) is 18.1. The molecule has 0 aliphatic carbocycles. The minimum Gasteiger partial charge on any atom is -0.368 e. The van der Waals surface area contributed by atoms with Gasteiger partial charge in [0.2, 0.25) is 11.9 Å². The maximum absolute atomic E-state index is 11.5. The lowest BCUT2D eigenvalue weighted by Gasteiger charge is -2.32. The van der Waals surface area contributed by atoms with Crippen molar-refractivity contribution >= 4 is 40.1 Å². The van der Waals surface area contributed by atoms with Gasteiger partial charge in [0.1, 0.15) is 11.2 Å². The Bertz CT molecular complexity index is 1070. The van der Waals surface area contributed by atoms with Gasteiger partial charge in [0.15, 0.2) is 5.82 Å². The lowest BCUT2D eigenvalue weighted by atomic mass is 9.94. The number of benzene rings is 1. The van der Waals surface area contributed by atoms with Gasteiger partial charge in [-0.25, -0.2) is 9.97 Å². The van der Waals surface area contributed by atoms with Crippen molar-refractivity contribution in [1.29, 1.82) is 0 Å². The van der Waals surface area contributed by atoms with Crippen molar-refractivity contribution < 1.29 is 4.79 Å². The van der Waals surface area contributed by atoms with E-state index in [0.717, 1.165) is 24.9 Å². The Hall–Kier alpha value is -3.62. The zero-order chi connectivity index (χ0) is 22.3.